The molecule has 0 fully saturated rings. The first-order valence-corrected chi connectivity index (χ1v) is 7.30. The summed E-state index contributed by atoms with van der Waals surface area (Å²) in [6, 6.07) is 1.98. The Kier molecular flexibility index (Phi) is 5.35. The minimum atomic E-state index is -4.31. The number of carboxylic acids is 2. The topological polar surface area (TPSA) is 121 Å². The molecule has 0 spiro atoms. The number of carboxylic acid groups (broad SMARTS) is 2. The lowest BCUT2D eigenvalue weighted by atomic mass is 10.2. The van der Waals surface area contributed by atoms with Crippen molar-refractivity contribution in [1.29, 1.82) is 0 Å². The monoisotopic (exact) mass is 341 g/mol. The van der Waals surface area contributed by atoms with Gasteiger partial charge in [-0.1, -0.05) is 29.3 Å². The molecule has 0 saturated carbocycles. The Hall–Kier alpha value is -1.35. The van der Waals surface area contributed by atoms with Crippen molar-refractivity contribution in [1.82, 2.24) is 4.72 Å². The molecule has 0 aliphatic heterocycles. The van der Waals surface area contributed by atoms with Crippen LogP contribution in [-0.4, -0.2) is 36.6 Å². The quantitative estimate of drug-likeness (QED) is 0.714. The zero-order valence-electron chi connectivity index (χ0n) is 9.71. The summed E-state index contributed by atoms with van der Waals surface area (Å²) in [5.74, 6) is -3.08. The van der Waals surface area contributed by atoms with Crippen molar-refractivity contribution in [3.63, 3.8) is 0 Å². The highest BCUT2D eigenvalue weighted by Gasteiger charge is 2.29. The van der Waals surface area contributed by atoms with E-state index < -0.39 is 39.3 Å². The van der Waals surface area contributed by atoms with E-state index in [1.54, 1.807) is 4.72 Å². The number of hydrogen-bond donors (Lipinski definition) is 3. The van der Waals surface area contributed by atoms with E-state index in [1.807, 2.05) is 0 Å². The van der Waals surface area contributed by atoms with Crippen LogP contribution < -0.4 is 4.72 Å². The average Bonchev–Trinajstić information content (AvgIpc) is 2.30. The second kappa shape index (κ2) is 6.40. The average molecular weight is 342 g/mol. The molecule has 3 N–H and O–H groups in total. The molecule has 20 heavy (non-hydrogen) atoms. The Bertz CT molecular complexity index is 645. The van der Waals surface area contributed by atoms with E-state index in [1.165, 1.54) is 12.1 Å². The van der Waals surface area contributed by atoms with Crippen molar-refractivity contribution in [2.75, 3.05) is 0 Å². The fraction of sp³-hybridized carbons (Fsp3) is 0.200. The second-order valence-electron chi connectivity index (χ2n) is 3.66. The normalized spacial score (nSPS) is 12.9. The highest BCUT2D eigenvalue weighted by Crippen LogP contribution is 2.28. The van der Waals surface area contributed by atoms with Crippen LogP contribution in [0.15, 0.2) is 23.1 Å². The summed E-state index contributed by atoms with van der Waals surface area (Å²) in [5.41, 5.74) is 0. The third-order valence-electron chi connectivity index (χ3n) is 2.18. The number of benzene rings is 1. The molecule has 1 unspecified atom stereocenters. The van der Waals surface area contributed by atoms with Gasteiger partial charge in [-0.15, -0.1) is 0 Å². The molecule has 0 heterocycles. The van der Waals surface area contributed by atoms with Crippen LogP contribution in [0.25, 0.3) is 0 Å². The molecule has 0 aliphatic rings. The van der Waals surface area contributed by atoms with Crippen LogP contribution in [0.2, 0.25) is 10.0 Å². The van der Waals surface area contributed by atoms with Crippen LogP contribution in [0.5, 0.6) is 0 Å². The van der Waals surface area contributed by atoms with E-state index in [4.69, 9.17) is 33.4 Å². The predicted molar refractivity (Wildman–Crippen MR) is 70.5 cm³/mol. The maximum absolute atomic E-state index is 12.0. The third kappa shape index (κ3) is 4.07. The van der Waals surface area contributed by atoms with E-state index in [9.17, 15) is 18.0 Å². The van der Waals surface area contributed by atoms with Gasteiger partial charge >= 0.3 is 11.9 Å². The number of rotatable bonds is 6. The summed E-state index contributed by atoms with van der Waals surface area (Å²) < 4.78 is 25.7. The van der Waals surface area contributed by atoms with Gasteiger partial charge in [0.1, 0.15) is 10.9 Å². The highest BCUT2D eigenvalue weighted by atomic mass is 35.5. The van der Waals surface area contributed by atoms with Gasteiger partial charge in [-0.2, -0.15) is 4.72 Å². The molecule has 1 aromatic carbocycles. The maximum atomic E-state index is 12.0. The molecule has 0 bridgehead atoms. The Labute approximate surface area is 124 Å². The van der Waals surface area contributed by atoms with Gasteiger partial charge in [-0.3, -0.25) is 9.59 Å². The number of sulfonamides is 1. The summed E-state index contributed by atoms with van der Waals surface area (Å²) >= 11 is 11.4. The Morgan fingerprint density at radius 2 is 1.85 bits per heavy atom. The highest BCUT2D eigenvalue weighted by molar-refractivity contribution is 7.89. The summed E-state index contributed by atoms with van der Waals surface area (Å²) in [6.45, 7) is 0. The molecule has 10 heteroatoms. The number of halogens is 2. The first-order chi connectivity index (χ1) is 9.15. The molecule has 1 aromatic rings. The first kappa shape index (κ1) is 16.7. The van der Waals surface area contributed by atoms with E-state index in [-0.39, 0.29) is 10.0 Å². The van der Waals surface area contributed by atoms with Crippen LogP contribution in [0.3, 0.4) is 0 Å². The minimum absolute atomic E-state index is 0.0281. The van der Waals surface area contributed by atoms with E-state index in [2.05, 4.69) is 0 Å². The molecule has 1 atom stereocenters. The zero-order chi connectivity index (χ0) is 15.5. The van der Waals surface area contributed by atoms with Crippen molar-refractivity contribution in [2.24, 2.45) is 0 Å². The van der Waals surface area contributed by atoms with Gasteiger partial charge in [-0.25, -0.2) is 8.42 Å². The van der Waals surface area contributed by atoms with Gasteiger partial charge in [0, 0.05) is 0 Å². The van der Waals surface area contributed by atoms with Crippen molar-refractivity contribution in [2.45, 2.75) is 17.4 Å². The molecular formula is C10H9Cl2NO6S. The molecule has 0 saturated heterocycles. The van der Waals surface area contributed by atoms with Gasteiger partial charge in [-0.05, 0) is 12.1 Å². The molecule has 0 amide bonds. The standard InChI is InChI=1S/C10H9Cl2NO6S/c11-5-2-1-3-7(9(5)12)20(18,19)13-6(10(16)17)4-8(14)15/h1-3,6,13H,4H2,(H,14,15)(H,16,17). The Balaban J connectivity index is 3.13. The lowest BCUT2D eigenvalue weighted by Crippen LogP contribution is -2.42. The summed E-state index contributed by atoms with van der Waals surface area (Å²) in [5, 5.41) is 17.1. The van der Waals surface area contributed by atoms with Gasteiger partial charge in [0.05, 0.1) is 16.5 Å². The third-order valence-corrected chi connectivity index (χ3v) is 4.62. The van der Waals surface area contributed by atoms with Crippen molar-refractivity contribution in [3.8, 4) is 0 Å². The maximum Gasteiger partial charge on any atom is 0.322 e. The van der Waals surface area contributed by atoms with E-state index >= 15 is 0 Å². The van der Waals surface area contributed by atoms with Crippen LogP contribution in [0.1, 0.15) is 6.42 Å². The second-order valence-corrected chi connectivity index (χ2v) is 6.13. The van der Waals surface area contributed by atoms with Crippen molar-refractivity contribution in [3.05, 3.63) is 28.2 Å². The minimum Gasteiger partial charge on any atom is -0.481 e. The van der Waals surface area contributed by atoms with Crippen molar-refractivity contribution >= 4 is 45.2 Å². The molecule has 0 radical (unpaired) electrons. The van der Waals surface area contributed by atoms with Gasteiger partial charge in [0.25, 0.3) is 0 Å². The van der Waals surface area contributed by atoms with Crippen LogP contribution in [-0.2, 0) is 19.6 Å². The zero-order valence-corrected chi connectivity index (χ0v) is 12.0. The first-order valence-electron chi connectivity index (χ1n) is 5.06. The van der Waals surface area contributed by atoms with Gasteiger partial charge in [0.15, 0.2) is 0 Å². The Morgan fingerprint density at radius 1 is 1.25 bits per heavy atom. The number of hydrogen-bond acceptors (Lipinski definition) is 4. The van der Waals surface area contributed by atoms with E-state index in [0.29, 0.717) is 0 Å². The largest absolute Gasteiger partial charge is 0.481 e. The lowest BCUT2D eigenvalue weighted by molar-refractivity contribution is -0.145. The van der Waals surface area contributed by atoms with Crippen LogP contribution in [0, 0.1) is 0 Å². The smallest absolute Gasteiger partial charge is 0.322 e. The van der Waals surface area contributed by atoms with Gasteiger partial charge in [0.2, 0.25) is 10.0 Å². The molecule has 0 aliphatic carbocycles. The molecule has 7 nitrogen and oxygen atoms in total. The SMILES string of the molecule is O=C(O)CC(NS(=O)(=O)c1cccc(Cl)c1Cl)C(=O)O. The lowest BCUT2D eigenvalue weighted by Gasteiger charge is -2.14. The van der Waals surface area contributed by atoms with Gasteiger partial charge < -0.3 is 10.2 Å². The molecule has 110 valence electrons. The van der Waals surface area contributed by atoms with Crippen LogP contribution >= 0.6 is 23.2 Å². The Morgan fingerprint density at radius 3 is 2.35 bits per heavy atom. The van der Waals surface area contributed by atoms with E-state index in [0.717, 1.165) is 6.07 Å². The number of aliphatic carboxylic acids is 2. The summed E-state index contributed by atoms with van der Waals surface area (Å²) in [6.07, 6.45) is -0.910. The number of nitrogens with one attached hydrogen (secondary N) is 1. The van der Waals surface area contributed by atoms with Crippen molar-refractivity contribution < 1.29 is 28.2 Å². The predicted octanol–water partition coefficient (Wildman–Crippen LogP) is 1.20. The molecular weight excluding hydrogens is 333 g/mol. The molecule has 1 rings (SSSR count). The fourth-order valence-electron chi connectivity index (χ4n) is 1.30. The summed E-state index contributed by atoms with van der Waals surface area (Å²) in [4.78, 5) is 20.9. The summed E-state index contributed by atoms with van der Waals surface area (Å²) in [7, 11) is -4.31. The number of carbonyl (C=O) groups is 2. The molecule has 0 aromatic heterocycles. The fourth-order valence-corrected chi connectivity index (χ4v) is 3.25. The van der Waals surface area contributed by atoms with Crippen LogP contribution in [0.4, 0.5) is 0 Å².